The standard InChI is InChI=1S/C9H7NO3/c1-6-2-3-7(10-5-11)4-8(6)9(12)13/h2-4H,1H3,(H,12,13). The van der Waals surface area contributed by atoms with Crippen LogP contribution in [0.1, 0.15) is 15.9 Å². The molecule has 0 spiro atoms. The van der Waals surface area contributed by atoms with Crippen LogP contribution in [0, 0.1) is 6.92 Å². The summed E-state index contributed by atoms with van der Waals surface area (Å²) in [6.45, 7) is 1.68. The molecular weight excluding hydrogens is 170 g/mol. The molecule has 0 aliphatic heterocycles. The first kappa shape index (κ1) is 9.16. The maximum atomic E-state index is 10.6. The quantitative estimate of drug-likeness (QED) is 0.551. The zero-order chi connectivity index (χ0) is 9.84. The average Bonchev–Trinajstić information content (AvgIpc) is 2.08. The summed E-state index contributed by atoms with van der Waals surface area (Å²) in [5.41, 5.74) is 1.09. The highest BCUT2D eigenvalue weighted by Crippen LogP contribution is 2.17. The van der Waals surface area contributed by atoms with Crippen molar-refractivity contribution in [1.29, 1.82) is 0 Å². The van der Waals surface area contributed by atoms with E-state index in [4.69, 9.17) is 5.11 Å². The van der Waals surface area contributed by atoms with Gasteiger partial charge in [-0.05, 0) is 24.6 Å². The van der Waals surface area contributed by atoms with Gasteiger partial charge in [0.25, 0.3) is 0 Å². The number of carbonyl (C=O) groups is 1. The van der Waals surface area contributed by atoms with Crippen molar-refractivity contribution < 1.29 is 14.7 Å². The molecule has 0 aromatic heterocycles. The number of hydrogen-bond acceptors (Lipinski definition) is 3. The Morgan fingerprint density at radius 2 is 2.23 bits per heavy atom. The summed E-state index contributed by atoms with van der Waals surface area (Å²) >= 11 is 0. The molecule has 0 heterocycles. The van der Waals surface area contributed by atoms with E-state index < -0.39 is 5.97 Å². The average molecular weight is 177 g/mol. The van der Waals surface area contributed by atoms with Crippen LogP contribution in [0.15, 0.2) is 23.2 Å². The number of rotatable bonds is 2. The molecule has 13 heavy (non-hydrogen) atoms. The van der Waals surface area contributed by atoms with Crippen LogP contribution < -0.4 is 0 Å². The van der Waals surface area contributed by atoms with Crippen molar-refractivity contribution in [2.45, 2.75) is 6.92 Å². The normalized spacial score (nSPS) is 9.00. The monoisotopic (exact) mass is 177 g/mol. The van der Waals surface area contributed by atoms with Gasteiger partial charge in [-0.1, -0.05) is 6.07 Å². The fourth-order valence-corrected chi connectivity index (χ4v) is 0.963. The Bertz CT molecular complexity index is 392. The van der Waals surface area contributed by atoms with Crippen molar-refractivity contribution in [2.24, 2.45) is 4.99 Å². The highest BCUT2D eigenvalue weighted by Gasteiger charge is 2.06. The number of carboxylic acid groups (broad SMARTS) is 1. The molecule has 1 rings (SSSR count). The van der Waals surface area contributed by atoms with Crippen LogP contribution >= 0.6 is 0 Å². The first-order chi connectivity index (χ1) is 6.15. The predicted octanol–water partition coefficient (Wildman–Crippen LogP) is 1.66. The van der Waals surface area contributed by atoms with Gasteiger partial charge in [-0.3, -0.25) is 0 Å². The van der Waals surface area contributed by atoms with Gasteiger partial charge in [-0.2, -0.15) is 4.99 Å². The number of isocyanates is 1. The minimum absolute atomic E-state index is 0.150. The van der Waals surface area contributed by atoms with Crippen LogP contribution in [-0.4, -0.2) is 17.2 Å². The van der Waals surface area contributed by atoms with E-state index in [0.717, 1.165) is 0 Å². The molecule has 1 N–H and O–H groups in total. The van der Waals surface area contributed by atoms with Gasteiger partial charge in [-0.25, -0.2) is 9.59 Å². The molecule has 0 amide bonds. The van der Waals surface area contributed by atoms with E-state index in [0.29, 0.717) is 11.3 Å². The Morgan fingerprint density at radius 3 is 2.77 bits per heavy atom. The fraction of sp³-hybridized carbons (Fsp3) is 0.111. The summed E-state index contributed by atoms with van der Waals surface area (Å²) in [7, 11) is 0. The smallest absolute Gasteiger partial charge is 0.336 e. The third-order valence-electron chi connectivity index (χ3n) is 1.63. The zero-order valence-electron chi connectivity index (χ0n) is 6.94. The van der Waals surface area contributed by atoms with E-state index in [1.807, 2.05) is 0 Å². The SMILES string of the molecule is Cc1ccc(N=C=O)cc1C(=O)O. The first-order valence-corrected chi connectivity index (χ1v) is 3.57. The molecule has 0 aliphatic carbocycles. The molecule has 0 unspecified atom stereocenters. The van der Waals surface area contributed by atoms with Crippen LogP contribution in [0.25, 0.3) is 0 Å². The third-order valence-corrected chi connectivity index (χ3v) is 1.63. The van der Waals surface area contributed by atoms with Crippen molar-refractivity contribution in [3.05, 3.63) is 29.3 Å². The van der Waals surface area contributed by atoms with Gasteiger partial charge in [0.1, 0.15) is 0 Å². The Morgan fingerprint density at radius 1 is 1.54 bits per heavy atom. The van der Waals surface area contributed by atoms with Crippen LogP contribution in [0.5, 0.6) is 0 Å². The topological polar surface area (TPSA) is 66.7 Å². The van der Waals surface area contributed by atoms with E-state index in [1.165, 1.54) is 12.1 Å². The van der Waals surface area contributed by atoms with Crippen molar-refractivity contribution >= 4 is 17.7 Å². The highest BCUT2D eigenvalue weighted by molar-refractivity contribution is 5.90. The van der Waals surface area contributed by atoms with Crippen molar-refractivity contribution in [2.75, 3.05) is 0 Å². The molecule has 0 fully saturated rings. The van der Waals surface area contributed by atoms with E-state index in [9.17, 15) is 9.59 Å². The Kier molecular flexibility index (Phi) is 2.57. The summed E-state index contributed by atoms with van der Waals surface area (Å²) in [4.78, 5) is 23.9. The molecule has 0 aliphatic rings. The maximum absolute atomic E-state index is 10.6. The van der Waals surface area contributed by atoms with Gasteiger partial charge >= 0.3 is 5.97 Å². The number of carboxylic acids is 1. The van der Waals surface area contributed by atoms with E-state index in [2.05, 4.69) is 4.99 Å². The predicted molar refractivity (Wildman–Crippen MR) is 45.9 cm³/mol. The number of aromatic carboxylic acids is 1. The molecule has 66 valence electrons. The van der Waals surface area contributed by atoms with Crippen molar-refractivity contribution in [1.82, 2.24) is 0 Å². The second-order valence-electron chi connectivity index (χ2n) is 2.51. The second-order valence-corrected chi connectivity index (χ2v) is 2.51. The fourth-order valence-electron chi connectivity index (χ4n) is 0.963. The third kappa shape index (κ3) is 2.01. The zero-order valence-corrected chi connectivity index (χ0v) is 6.94. The summed E-state index contributed by atoms with van der Waals surface area (Å²) in [5.74, 6) is -1.03. The number of hydrogen-bond donors (Lipinski definition) is 1. The molecular formula is C9H7NO3. The summed E-state index contributed by atoms with van der Waals surface area (Å²) < 4.78 is 0. The van der Waals surface area contributed by atoms with Gasteiger partial charge in [0.2, 0.25) is 6.08 Å². The van der Waals surface area contributed by atoms with E-state index in [-0.39, 0.29) is 5.56 Å². The molecule has 0 atom stereocenters. The molecule has 0 radical (unpaired) electrons. The minimum Gasteiger partial charge on any atom is -0.478 e. The van der Waals surface area contributed by atoms with Crippen molar-refractivity contribution in [3.63, 3.8) is 0 Å². The number of aliphatic imine (C=N–C) groups is 1. The molecule has 0 saturated heterocycles. The van der Waals surface area contributed by atoms with Crippen LogP contribution in [0.3, 0.4) is 0 Å². The van der Waals surface area contributed by atoms with E-state index in [1.54, 1.807) is 19.1 Å². The van der Waals surface area contributed by atoms with Gasteiger partial charge in [0.15, 0.2) is 0 Å². The lowest BCUT2D eigenvalue weighted by atomic mass is 10.1. The molecule has 4 heteroatoms. The van der Waals surface area contributed by atoms with Crippen molar-refractivity contribution in [3.8, 4) is 0 Å². The largest absolute Gasteiger partial charge is 0.478 e. The van der Waals surface area contributed by atoms with E-state index >= 15 is 0 Å². The van der Waals surface area contributed by atoms with Gasteiger partial charge in [0.05, 0.1) is 11.3 Å². The Hall–Kier alpha value is -1.93. The molecule has 4 nitrogen and oxygen atoms in total. The van der Waals surface area contributed by atoms with Crippen LogP contribution in [0.2, 0.25) is 0 Å². The minimum atomic E-state index is -1.03. The first-order valence-electron chi connectivity index (χ1n) is 3.57. The van der Waals surface area contributed by atoms with Crippen LogP contribution in [0.4, 0.5) is 5.69 Å². The summed E-state index contributed by atoms with van der Waals surface area (Å²) in [6, 6.07) is 4.49. The second kappa shape index (κ2) is 3.65. The molecule has 0 saturated carbocycles. The molecule has 1 aromatic rings. The molecule has 0 bridgehead atoms. The molecule has 1 aromatic carbocycles. The number of nitrogens with zero attached hydrogens (tertiary/aromatic N) is 1. The lowest BCUT2D eigenvalue weighted by Gasteiger charge is -1.99. The summed E-state index contributed by atoms with van der Waals surface area (Å²) in [5, 5.41) is 8.72. The Balaban J connectivity index is 3.26. The van der Waals surface area contributed by atoms with Gasteiger partial charge in [0, 0.05) is 0 Å². The number of carbonyl (C=O) groups excluding carboxylic acids is 1. The number of aryl methyl sites for hydroxylation is 1. The van der Waals surface area contributed by atoms with Gasteiger partial charge < -0.3 is 5.11 Å². The Labute approximate surface area is 74.5 Å². The highest BCUT2D eigenvalue weighted by atomic mass is 16.4. The lowest BCUT2D eigenvalue weighted by molar-refractivity contribution is 0.0696. The maximum Gasteiger partial charge on any atom is 0.336 e. The summed E-state index contributed by atoms with van der Waals surface area (Å²) in [6.07, 6.45) is 1.35. The van der Waals surface area contributed by atoms with Crippen LogP contribution in [-0.2, 0) is 4.79 Å². The number of benzene rings is 1. The van der Waals surface area contributed by atoms with Gasteiger partial charge in [-0.15, -0.1) is 0 Å². The lowest BCUT2D eigenvalue weighted by Crippen LogP contribution is -1.98.